The van der Waals surface area contributed by atoms with Crippen molar-refractivity contribution in [1.82, 2.24) is 10.3 Å². The fourth-order valence-electron chi connectivity index (χ4n) is 2.36. The highest BCUT2D eigenvalue weighted by atomic mass is 19.4. The Morgan fingerprint density at radius 2 is 2.05 bits per heavy atom. The van der Waals surface area contributed by atoms with E-state index in [-0.39, 0.29) is 23.5 Å². The third kappa shape index (κ3) is 4.87. The molecule has 3 N–H and O–H groups in total. The molecule has 1 aliphatic rings. The summed E-state index contributed by atoms with van der Waals surface area (Å²) in [6, 6.07) is 2.99. The topological polar surface area (TPSA) is 77.2 Å². The summed E-state index contributed by atoms with van der Waals surface area (Å²) in [4.78, 5) is 15.9. The van der Waals surface area contributed by atoms with Gasteiger partial charge >= 0.3 is 6.18 Å². The Morgan fingerprint density at radius 3 is 2.68 bits per heavy atom. The van der Waals surface area contributed by atoms with E-state index in [1.807, 2.05) is 0 Å². The zero-order valence-corrected chi connectivity index (χ0v) is 11.9. The number of hydrogen-bond donors (Lipinski definition) is 2. The van der Waals surface area contributed by atoms with E-state index in [0.29, 0.717) is 0 Å². The van der Waals surface area contributed by atoms with E-state index in [1.54, 1.807) is 0 Å². The van der Waals surface area contributed by atoms with Crippen molar-refractivity contribution in [3.8, 4) is 5.88 Å². The number of nitrogens with two attached hydrogens (primary N) is 1. The standard InChI is InChI=1S/C14H18F3N3O2/c15-14(16,17)8-22-13-11(2-1-7-19-13)12(21)20-10-5-3-9(18)4-6-10/h1-2,7,9-10H,3-6,8,18H2,(H,20,21). The minimum Gasteiger partial charge on any atom is -0.467 e. The fraction of sp³-hybridized carbons (Fsp3) is 0.571. The third-order valence-corrected chi connectivity index (χ3v) is 3.50. The molecular formula is C14H18F3N3O2. The average Bonchev–Trinajstić information content (AvgIpc) is 2.47. The fourth-order valence-corrected chi connectivity index (χ4v) is 2.36. The van der Waals surface area contributed by atoms with Crippen LogP contribution in [0.3, 0.4) is 0 Å². The molecule has 1 aliphatic carbocycles. The lowest BCUT2D eigenvalue weighted by Crippen LogP contribution is -2.40. The first-order valence-electron chi connectivity index (χ1n) is 7.06. The SMILES string of the molecule is NC1CCC(NC(=O)c2cccnc2OCC(F)(F)F)CC1. The molecule has 1 aromatic rings. The number of carbonyl (C=O) groups excluding carboxylic acids is 1. The second-order valence-corrected chi connectivity index (χ2v) is 5.35. The predicted octanol–water partition coefficient (Wildman–Crippen LogP) is 2.02. The number of nitrogens with zero attached hydrogens (tertiary/aromatic N) is 1. The molecule has 1 saturated carbocycles. The average molecular weight is 317 g/mol. The molecule has 1 heterocycles. The Morgan fingerprint density at radius 1 is 1.36 bits per heavy atom. The summed E-state index contributed by atoms with van der Waals surface area (Å²) in [5.41, 5.74) is 5.80. The number of carbonyl (C=O) groups is 1. The first-order valence-corrected chi connectivity index (χ1v) is 7.06. The Bertz CT molecular complexity index is 514. The molecule has 0 aromatic carbocycles. The van der Waals surface area contributed by atoms with Crippen molar-refractivity contribution in [2.45, 2.75) is 43.9 Å². The van der Waals surface area contributed by atoms with Gasteiger partial charge in [-0.2, -0.15) is 13.2 Å². The van der Waals surface area contributed by atoms with E-state index in [4.69, 9.17) is 5.73 Å². The van der Waals surface area contributed by atoms with Gasteiger partial charge in [0.05, 0.1) is 0 Å². The summed E-state index contributed by atoms with van der Waals surface area (Å²) in [6.07, 6.45) is -0.0600. The smallest absolute Gasteiger partial charge is 0.422 e. The molecule has 8 heteroatoms. The highest BCUT2D eigenvalue weighted by Crippen LogP contribution is 2.21. The van der Waals surface area contributed by atoms with Gasteiger partial charge in [0.2, 0.25) is 5.88 Å². The number of nitrogens with one attached hydrogen (secondary N) is 1. The number of hydrogen-bond acceptors (Lipinski definition) is 4. The maximum atomic E-state index is 12.2. The normalized spacial score (nSPS) is 22.2. The molecule has 0 aliphatic heterocycles. The van der Waals surface area contributed by atoms with Crippen LogP contribution in [0.4, 0.5) is 13.2 Å². The van der Waals surface area contributed by atoms with E-state index in [2.05, 4.69) is 15.0 Å². The van der Waals surface area contributed by atoms with Crippen LogP contribution in [0, 0.1) is 0 Å². The van der Waals surface area contributed by atoms with Gasteiger partial charge in [-0.15, -0.1) is 0 Å². The van der Waals surface area contributed by atoms with Crippen LogP contribution in [0.5, 0.6) is 5.88 Å². The van der Waals surface area contributed by atoms with Crippen molar-refractivity contribution in [2.24, 2.45) is 5.73 Å². The lowest BCUT2D eigenvalue weighted by Gasteiger charge is -2.27. The molecule has 0 spiro atoms. The van der Waals surface area contributed by atoms with Crippen LogP contribution in [0.15, 0.2) is 18.3 Å². The monoisotopic (exact) mass is 317 g/mol. The molecule has 122 valence electrons. The first-order chi connectivity index (χ1) is 10.3. The van der Waals surface area contributed by atoms with Crippen LogP contribution in [-0.4, -0.2) is 35.8 Å². The summed E-state index contributed by atoms with van der Waals surface area (Å²) in [6.45, 7) is -1.48. The van der Waals surface area contributed by atoms with Crippen molar-refractivity contribution in [3.05, 3.63) is 23.9 Å². The van der Waals surface area contributed by atoms with Crippen molar-refractivity contribution in [3.63, 3.8) is 0 Å². The number of alkyl halides is 3. The van der Waals surface area contributed by atoms with Crippen molar-refractivity contribution in [2.75, 3.05) is 6.61 Å². The van der Waals surface area contributed by atoms with Crippen LogP contribution in [-0.2, 0) is 0 Å². The van der Waals surface area contributed by atoms with E-state index in [0.717, 1.165) is 25.7 Å². The number of rotatable bonds is 4. The molecular weight excluding hydrogens is 299 g/mol. The lowest BCUT2D eigenvalue weighted by molar-refractivity contribution is -0.154. The molecule has 1 fully saturated rings. The van der Waals surface area contributed by atoms with Gasteiger partial charge in [0, 0.05) is 18.3 Å². The predicted molar refractivity (Wildman–Crippen MR) is 73.5 cm³/mol. The second kappa shape index (κ2) is 6.95. The molecule has 1 amide bonds. The van der Waals surface area contributed by atoms with Gasteiger partial charge in [-0.05, 0) is 37.8 Å². The highest BCUT2D eigenvalue weighted by Gasteiger charge is 2.30. The number of amides is 1. The van der Waals surface area contributed by atoms with Gasteiger partial charge in [0.1, 0.15) is 5.56 Å². The van der Waals surface area contributed by atoms with Crippen molar-refractivity contribution >= 4 is 5.91 Å². The molecule has 22 heavy (non-hydrogen) atoms. The molecule has 0 unspecified atom stereocenters. The second-order valence-electron chi connectivity index (χ2n) is 5.35. The number of ether oxygens (including phenoxy) is 1. The maximum absolute atomic E-state index is 12.2. The van der Waals surface area contributed by atoms with Gasteiger partial charge in [0.25, 0.3) is 5.91 Å². The minimum atomic E-state index is -4.48. The van der Waals surface area contributed by atoms with Crippen LogP contribution in [0.1, 0.15) is 36.0 Å². The van der Waals surface area contributed by atoms with E-state index >= 15 is 0 Å². The van der Waals surface area contributed by atoms with E-state index in [9.17, 15) is 18.0 Å². The molecule has 1 aromatic heterocycles. The van der Waals surface area contributed by atoms with Crippen molar-refractivity contribution in [1.29, 1.82) is 0 Å². The zero-order chi connectivity index (χ0) is 16.2. The lowest BCUT2D eigenvalue weighted by atomic mass is 9.91. The van der Waals surface area contributed by atoms with E-state index in [1.165, 1.54) is 18.3 Å². The van der Waals surface area contributed by atoms with E-state index < -0.39 is 18.7 Å². The minimum absolute atomic E-state index is 0.00150. The summed E-state index contributed by atoms with van der Waals surface area (Å²) >= 11 is 0. The zero-order valence-electron chi connectivity index (χ0n) is 11.9. The quantitative estimate of drug-likeness (QED) is 0.891. The van der Waals surface area contributed by atoms with Crippen LogP contribution in [0.25, 0.3) is 0 Å². The van der Waals surface area contributed by atoms with Crippen LogP contribution >= 0.6 is 0 Å². The number of halogens is 3. The number of pyridine rings is 1. The Hall–Kier alpha value is -1.83. The van der Waals surface area contributed by atoms with Gasteiger partial charge in [-0.1, -0.05) is 0 Å². The first kappa shape index (κ1) is 16.5. The summed E-state index contributed by atoms with van der Waals surface area (Å²) in [5.74, 6) is -0.796. The van der Waals surface area contributed by atoms with Gasteiger partial charge in [-0.25, -0.2) is 4.98 Å². The molecule has 0 atom stereocenters. The Balaban J connectivity index is 2.00. The highest BCUT2D eigenvalue weighted by molar-refractivity contribution is 5.96. The van der Waals surface area contributed by atoms with Gasteiger partial charge in [-0.3, -0.25) is 4.79 Å². The number of aromatic nitrogens is 1. The van der Waals surface area contributed by atoms with Gasteiger partial charge < -0.3 is 15.8 Å². The molecule has 2 rings (SSSR count). The van der Waals surface area contributed by atoms with Crippen LogP contribution < -0.4 is 15.8 Å². The van der Waals surface area contributed by atoms with Gasteiger partial charge in [0.15, 0.2) is 6.61 Å². The molecule has 0 saturated heterocycles. The molecule has 0 radical (unpaired) electrons. The van der Waals surface area contributed by atoms with Crippen molar-refractivity contribution < 1.29 is 22.7 Å². The maximum Gasteiger partial charge on any atom is 0.422 e. The Kier molecular flexibility index (Phi) is 5.23. The van der Waals surface area contributed by atoms with Crippen LogP contribution in [0.2, 0.25) is 0 Å². The largest absolute Gasteiger partial charge is 0.467 e. The Labute approximate surface area is 126 Å². The summed E-state index contributed by atoms with van der Waals surface area (Å²) < 4.78 is 41.3. The summed E-state index contributed by atoms with van der Waals surface area (Å²) in [5, 5.41) is 2.80. The molecule has 5 nitrogen and oxygen atoms in total. The summed E-state index contributed by atoms with van der Waals surface area (Å²) in [7, 11) is 0. The third-order valence-electron chi connectivity index (χ3n) is 3.50. The molecule has 0 bridgehead atoms.